The van der Waals surface area contributed by atoms with Crippen molar-refractivity contribution in [3.8, 4) is 0 Å². The van der Waals surface area contributed by atoms with E-state index in [1.165, 1.54) is 0 Å². The van der Waals surface area contributed by atoms with Gasteiger partial charge in [0, 0.05) is 24.9 Å². The van der Waals surface area contributed by atoms with Crippen molar-refractivity contribution in [2.45, 2.75) is 44.5 Å². The fourth-order valence-electron chi connectivity index (χ4n) is 5.98. The van der Waals surface area contributed by atoms with Crippen molar-refractivity contribution < 1.29 is 19.7 Å². The van der Waals surface area contributed by atoms with Crippen LogP contribution >= 0.6 is 0 Å². The van der Waals surface area contributed by atoms with Gasteiger partial charge in [0.1, 0.15) is 6.10 Å². The Bertz CT molecular complexity index is 582. The number of rotatable bonds is 1. The van der Waals surface area contributed by atoms with Gasteiger partial charge < -0.3 is 14.9 Å². The number of allylic oxidation sites excluding steroid dienone is 3. The van der Waals surface area contributed by atoms with Crippen LogP contribution in [-0.4, -0.2) is 35.0 Å². The Balaban J connectivity index is 1.68. The predicted octanol–water partition coefficient (Wildman–Crippen LogP) is 2.07. The number of methoxy groups -OCH3 is 1. The van der Waals surface area contributed by atoms with E-state index in [4.69, 9.17) is 4.74 Å². The molecule has 4 nitrogen and oxygen atoms in total. The smallest absolute Gasteiger partial charge is 0.172 e. The van der Waals surface area contributed by atoms with E-state index in [1.54, 1.807) is 13.2 Å². The van der Waals surface area contributed by atoms with Gasteiger partial charge in [-0.25, -0.2) is 0 Å². The number of carbonyl (C=O) groups excluding carboxylic acids is 1. The molecule has 4 heteroatoms. The summed E-state index contributed by atoms with van der Waals surface area (Å²) in [7, 11) is 1.61. The molecule has 2 fully saturated rings. The van der Waals surface area contributed by atoms with Crippen LogP contribution in [0, 0.1) is 35.0 Å². The minimum Gasteiger partial charge on any atom is -0.381 e. The molecular weight excluding hydrogens is 292 g/mol. The van der Waals surface area contributed by atoms with Crippen LogP contribution in [0.15, 0.2) is 24.3 Å². The van der Waals surface area contributed by atoms with Gasteiger partial charge in [-0.1, -0.05) is 31.2 Å². The van der Waals surface area contributed by atoms with E-state index in [0.717, 1.165) is 19.3 Å². The van der Waals surface area contributed by atoms with Crippen molar-refractivity contribution >= 4 is 5.78 Å². The quantitative estimate of drug-likeness (QED) is 0.574. The van der Waals surface area contributed by atoms with Crippen LogP contribution < -0.4 is 0 Å². The molecule has 23 heavy (non-hydrogen) atoms. The molecule has 4 aliphatic rings. The zero-order chi connectivity index (χ0) is 16.4. The number of aliphatic hydroxyl groups excluding tert-OH is 1. The second-order valence-electron chi connectivity index (χ2n) is 8.05. The van der Waals surface area contributed by atoms with Gasteiger partial charge >= 0.3 is 0 Å². The molecule has 0 heterocycles. The molecule has 0 amide bonds. The normalized spacial score (nSPS) is 54.5. The highest BCUT2D eigenvalue weighted by atomic mass is 16.6. The molecule has 126 valence electrons. The monoisotopic (exact) mass is 318 g/mol. The van der Waals surface area contributed by atoms with Crippen LogP contribution in [0.4, 0.5) is 0 Å². The van der Waals surface area contributed by atoms with Crippen molar-refractivity contribution in [2.24, 2.45) is 35.0 Å². The molecule has 0 aromatic rings. The molecule has 4 aliphatic carbocycles. The summed E-state index contributed by atoms with van der Waals surface area (Å²) >= 11 is 0. The minimum absolute atomic E-state index is 0.0691. The highest BCUT2D eigenvalue weighted by Crippen LogP contribution is 2.63. The first-order valence-electron chi connectivity index (χ1n) is 8.77. The van der Waals surface area contributed by atoms with E-state index in [1.807, 2.05) is 6.08 Å². The molecule has 0 bridgehead atoms. The second-order valence-corrected chi connectivity index (χ2v) is 8.05. The van der Waals surface area contributed by atoms with Crippen LogP contribution in [0.1, 0.15) is 32.6 Å². The summed E-state index contributed by atoms with van der Waals surface area (Å²) in [5.74, 6) is 0.118. The largest absolute Gasteiger partial charge is 0.381 e. The molecule has 8 atom stereocenters. The topological polar surface area (TPSA) is 66.8 Å². The minimum atomic E-state index is -1.03. The number of ketones is 1. The first-order valence-corrected chi connectivity index (χ1v) is 8.77. The number of hydrogen-bond donors (Lipinski definition) is 2. The standard InChI is InChI=1S/C19H26O4/c1-18-9-7-12-11-5-6-16(20)17(21)14(11)4-3-13(12)15(18)8-10-19(18,22)23-2/h3-6,11-16,20,22H,7-10H2,1-2H3/t11-,12-,13-,14?,15+,16?,18+,19-/m1/s1. The Morgan fingerprint density at radius 2 is 1.87 bits per heavy atom. The number of fused-ring (bicyclic) bond motifs is 5. The maximum Gasteiger partial charge on any atom is 0.172 e. The van der Waals surface area contributed by atoms with Gasteiger partial charge in [0.2, 0.25) is 0 Å². The fourth-order valence-corrected chi connectivity index (χ4v) is 5.98. The highest BCUT2D eigenvalue weighted by Gasteiger charge is 2.62. The molecule has 0 aromatic carbocycles. The summed E-state index contributed by atoms with van der Waals surface area (Å²) in [6, 6.07) is 0. The van der Waals surface area contributed by atoms with Gasteiger partial charge in [0.15, 0.2) is 11.6 Å². The predicted molar refractivity (Wildman–Crippen MR) is 85.3 cm³/mol. The lowest BCUT2D eigenvalue weighted by Crippen LogP contribution is -2.53. The average Bonchev–Trinajstić information content (AvgIpc) is 2.83. The summed E-state index contributed by atoms with van der Waals surface area (Å²) in [5, 5.41) is 20.7. The van der Waals surface area contributed by atoms with Gasteiger partial charge in [-0.15, -0.1) is 0 Å². The molecule has 0 aliphatic heterocycles. The van der Waals surface area contributed by atoms with Crippen molar-refractivity contribution in [1.82, 2.24) is 0 Å². The first kappa shape index (κ1) is 15.6. The van der Waals surface area contributed by atoms with Crippen LogP contribution in [0.5, 0.6) is 0 Å². The van der Waals surface area contributed by atoms with Gasteiger partial charge in [-0.05, 0) is 42.9 Å². The number of Topliss-reactive ketones (excluding diaryl/α,β-unsaturated/α-hetero) is 1. The Hall–Kier alpha value is -0.970. The van der Waals surface area contributed by atoms with E-state index in [9.17, 15) is 15.0 Å². The van der Waals surface area contributed by atoms with Crippen molar-refractivity contribution in [2.75, 3.05) is 7.11 Å². The lowest BCUT2D eigenvalue weighted by Gasteiger charge is -2.53. The molecule has 0 radical (unpaired) electrons. The van der Waals surface area contributed by atoms with Gasteiger partial charge in [0.05, 0.1) is 0 Å². The van der Waals surface area contributed by atoms with Crippen LogP contribution in [0.3, 0.4) is 0 Å². The van der Waals surface area contributed by atoms with E-state index in [-0.39, 0.29) is 23.0 Å². The summed E-state index contributed by atoms with van der Waals surface area (Å²) in [6.07, 6.45) is 10.5. The Labute approximate surface area is 137 Å². The van der Waals surface area contributed by atoms with Crippen LogP contribution in [-0.2, 0) is 9.53 Å². The molecule has 0 aromatic heterocycles. The summed E-state index contributed by atoms with van der Waals surface area (Å²) < 4.78 is 5.52. The molecule has 0 spiro atoms. The summed E-state index contributed by atoms with van der Waals surface area (Å²) in [5.41, 5.74) is -0.220. The molecule has 2 unspecified atom stereocenters. The lowest BCUT2D eigenvalue weighted by atomic mass is 9.53. The summed E-state index contributed by atoms with van der Waals surface area (Å²) in [4.78, 5) is 12.3. The second kappa shape index (κ2) is 5.01. The van der Waals surface area contributed by atoms with Gasteiger partial charge in [0.25, 0.3) is 0 Å². The van der Waals surface area contributed by atoms with Gasteiger partial charge in [-0.3, -0.25) is 4.79 Å². The lowest BCUT2D eigenvalue weighted by molar-refractivity contribution is -0.259. The van der Waals surface area contributed by atoms with Crippen LogP contribution in [0.2, 0.25) is 0 Å². The van der Waals surface area contributed by atoms with E-state index in [0.29, 0.717) is 24.2 Å². The first-order chi connectivity index (χ1) is 10.9. The number of ether oxygens (including phenoxy) is 1. The van der Waals surface area contributed by atoms with Gasteiger partial charge in [-0.2, -0.15) is 0 Å². The fraction of sp³-hybridized carbons (Fsp3) is 0.737. The Morgan fingerprint density at radius 3 is 2.61 bits per heavy atom. The van der Waals surface area contributed by atoms with Crippen molar-refractivity contribution in [3.05, 3.63) is 24.3 Å². The highest BCUT2D eigenvalue weighted by molar-refractivity contribution is 5.90. The Kier molecular flexibility index (Phi) is 3.39. The molecule has 0 saturated heterocycles. The number of carbonyl (C=O) groups is 1. The summed E-state index contributed by atoms with van der Waals surface area (Å²) in [6.45, 7) is 2.16. The molecule has 4 rings (SSSR count). The number of hydrogen-bond acceptors (Lipinski definition) is 4. The maximum absolute atomic E-state index is 12.3. The zero-order valence-electron chi connectivity index (χ0n) is 13.8. The number of aliphatic hydroxyl groups is 2. The molecule has 2 saturated carbocycles. The van der Waals surface area contributed by atoms with Crippen molar-refractivity contribution in [1.29, 1.82) is 0 Å². The average molecular weight is 318 g/mol. The van der Waals surface area contributed by atoms with Crippen molar-refractivity contribution in [3.63, 3.8) is 0 Å². The molecule has 2 N–H and O–H groups in total. The van der Waals surface area contributed by atoms with Crippen LogP contribution in [0.25, 0.3) is 0 Å². The zero-order valence-corrected chi connectivity index (χ0v) is 13.8. The Morgan fingerprint density at radius 1 is 1.13 bits per heavy atom. The third-order valence-electron chi connectivity index (χ3n) is 7.38. The van der Waals surface area contributed by atoms with E-state index < -0.39 is 11.9 Å². The maximum atomic E-state index is 12.3. The third-order valence-corrected chi connectivity index (χ3v) is 7.38. The molecular formula is C19H26O4. The van der Waals surface area contributed by atoms with E-state index in [2.05, 4.69) is 19.1 Å². The van der Waals surface area contributed by atoms with E-state index >= 15 is 0 Å². The third kappa shape index (κ3) is 1.92. The SMILES string of the molecule is CO[C@]1(O)CC[C@H]2[C@@H]3C=CC4C(=O)C(O)C=C[C@@H]4[C@H]3CC[C@@]21C.